The number of nitrogens with zero attached hydrogens (tertiary/aromatic N) is 3. The van der Waals surface area contributed by atoms with Crippen LogP contribution in [0.2, 0.25) is 0 Å². The summed E-state index contributed by atoms with van der Waals surface area (Å²) in [7, 11) is -3.83. The molecule has 2 fully saturated rings. The van der Waals surface area contributed by atoms with Gasteiger partial charge in [0.05, 0.1) is 10.5 Å². The Labute approximate surface area is 203 Å². The third-order valence-corrected chi connectivity index (χ3v) is 7.45. The monoisotopic (exact) mass is 536 g/mol. The van der Waals surface area contributed by atoms with Crippen molar-refractivity contribution in [2.75, 3.05) is 36.1 Å². The highest BCUT2D eigenvalue weighted by Crippen LogP contribution is 2.33. The maximum atomic E-state index is 14.4. The Morgan fingerprint density at radius 2 is 1.58 bits per heavy atom. The molecule has 36 heavy (non-hydrogen) atoms. The number of likely N-dealkylation sites (tertiary alicyclic amines) is 1. The summed E-state index contributed by atoms with van der Waals surface area (Å²) in [6.07, 6.45) is -2.27. The van der Waals surface area contributed by atoms with Gasteiger partial charge in [-0.1, -0.05) is 0 Å². The number of piperidine rings is 1. The van der Waals surface area contributed by atoms with Gasteiger partial charge in [0, 0.05) is 38.1 Å². The minimum atomic E-state index is -4.71. The fourth-order valence-electron chi connectivity index (χ4n) is 4.48. The number of pyridine rings is 1. The molecule has 2 aliphatic rings. The maximum absolute atomic E-state index is 14.4. The van der Waals surface area contributed by atoms with Gasteiger partial charge in [-0.3, -0.25) is 4.79 Å². The van der Waals surface area contributed by atoms with Crippen LogP contribution in [0.25, 0.3) is 0 Å². The molecule has 4 rings (SSSR count). The second-order valence-corrected chi connectivity index (χ2v) is 10.8. The van der Waals surface area contributed by atoms with E-state index in [4.69, 9.17) is 0 Å². The lowest BCUT2D eigenvalue weighted by atomic mass is 10.0. The zero-order valence-corrected chi connectivity index (χ0v) is 19.8. The van der Waals surface area contributed by atoms with Crippen molar-refractivity contribution in [3.8, 4) is 0 Å². The van der Waals surface area contributed by atoms with E-state index in [1.54, 1.807) is 4.90 Å². The largest absolute Gasteiger partial charge is 0.417 e. The molecule has 7 nitrogen and oxygen atoms in total. The van der Waals surface area contributed by atoms with E-state index in [1.807, 2.05) is 0 Å². The van der Waals surface area contributed by atoms with Gasteiger partial charge in [-0.25, -0.2) is 26.6 Å². The second-order valence-electron chi connectivity index (χ2n) is 8.80. The van der Waals surface area contributed by atoms with Gasteiger partial charge in [0.15, 0.2) is 33.1 Å². The number of hydrogen-bond acceptors (Lipinski definition) is 6. The fraction of sp³-hybridized carbons (Fsp3) is 0.455. The number of nitrogens with one attached hydrogen (secondary N) is 1. The third-order valence-electron chi connectivity index (χ3n) is 6.36. The summed E-state index contributed by atoms with van der Waals surface area (Å²) in [5, 5.41) is 2.54. The molecule has 1 unspecified atom stereocenters. The van der Waals surface area contributed by atoms with E-state index in [0.29, 0.717) is 43.8 Å². The van der Waals surface area contributed by atoms with Crippen LogP contribution >= 0.6 is 0 Å². The Morgan fingerprint density at radius 3 is 2.11 bits per heavy atom. The van der Waals surface area contributed by atoms with Crippen molar-refractivity contribution in [2.45, 2.75) is 42.4 Å². The van der Waals surface area contributed by atoms with Crippen LogP contribution < -0.4 is 10.2 Å². The average Bonchev–Trinajstić information content (AvgIpc) is 3.15. The highest BCUT2D eigenvalue weighted by atomic mass is 32.2. The molecule has 0 bridgehead atoms. The quantitative estimate of drug-likeness (QED) is 0.589. The van der Waals surface area contributed by atoms with Crippen molar-refractivity contribution < 1.29 is 39.6 Å². The minimum Gasteiger partial charge on any atom is -0.369 e. The number of rotatable bonds is 5. The van der Waals surface area contributed by atoms with Gasteiger partial charge >= 0.3 is 6.18 Å². The van der Waals surface area contributed by atoms with Crippen molar-refractivity contribution in [3.05, 3.63) is 47.4 Å². The number of carbonyl (C=O) groups is 1. The lowest BCUT2D eigenvalue weighted by Crippen LogP contribution is -2.47. The summed E-state index contributed by atoms with van der Waals surface area (Å²) in [6, 6.07) is 0.588. The first-order valence-corrected chi connectivity index (χ1v) is 12.9. The lowest BCUT2D eigenvalue weighted by molar-refractivity contribution is -0.138. The molecule has 2 aliphatic heterocycles. The molecule has 0 saturated carbocycles. The van der Waals surface area contributed by atoms with Crippen LogP contribution in [-0.4, -0.2) is 62.2 Å². The Morgan fingerprint density at radius 1 is 0.972 bits per heavy atom. The molecule has 196 valence electrons. The minimum absolute atomic E-state index is 0.197. The normalized spacial score (nSPS) is 19.8. The second kappa shape index (κ2) is 9.45. The number of anilines is 2. The van der Waals surface area contributed by atoms with Gasteiger partial charge in [0.2, 0.25) is 5.91 Å². The van der Waals surface area contributed by atoms with Gasteiger partial charge in [0.1, 0.15) is 11.7 Å². The molecular weight excluding hydrogens is 514 g/mol. The molecule has 2 aromatic rings. The maximum Gasteiger partial charge on any atom is 0.417 e. The average molecular weight is 536 g/mol. The summed E-state index contributed by atoms with van der Waals surface area (Å²) in [5.41, 5.74) is -1.78. The van der Waals surface area contributed by atoms with Crippen LogP contribution in [0.15, 0.2) is 29.3 Å². The van der Waals surface area contributed by atoms with Crippen LogP contribution in [0.3, 0.4) is 0 Å². The smallest absolute Gasteiger partial charge is 0.369 e. The summed E-state index contributed by atoms with van der Waals surface area (Å²) in [6.45, 7) is 0.800. The summed E-state index contributed by atoms with van der Waals surface area (Å²) in [5.74, 6) is -3.95. The molecule has 14 heteroatoms. The number of alkyl halides is 3. The molecule has 2 saturated heterocycles. The lowest BCUT2D eigenvalue weighted by Gasteiger charge is -2.37. The van der Waals surface area contributed by atoms with E-state index < -0.39 is 61.6 Å². The van der Waals surface area contributed by atoms with Crippen molar-refractivity contribution in [1.82, 2.24) is 9.88 Å². The Kier molecular flexibility index (Phi) is 6.84. The Balaban J connectivity index is 1.39. The molecule has 1 N–H and O–H groups in total. The van der Waals surface area contributed by atoms with Crippen molar-refractivity contribution >= 4 is 27.2 Å². The van der Waals surface area contributed by atoms with Crippen LogP contribution in [0, 0.1) is 17.5 Å². The SMILES string of the molecule is CS(=O)(=O)c1cc(F)c(NC2CCN(C3CCN(c4ncc(C(F)(F)F)cc4F)CC3)C2=O)c(F)c1. The number of carbonyl (C=O) groups excluding carboxylic acids is 1. The first kappa shape index (κ1) is 26.0. The van der Waals surface area contributed by atoms with E-state index in [0.717, 1.165) is 6.26 Å². The first-order valence-electron chi connectivity index (χ1n) is 11.0. The highest BCUT2D eigenvalue weighted by molar-refractivity contribution is 7.90. The molecule has 1 amide bonds. The molecule has 1 aromatic carbocycles. The summed E-state index contributed by atoms with van der Waals surface area (Å²) in [4.78, 5) is 19.1. The van der Waals surface area contributed by atoms with E-state index in [1.165, 1.54) is 4.90 Å². The number of aromatic nitrogens is 1. The van der Waals surface area contributed by atoms with Crippen LogP contribution in [0.4, 0.5) is 37.8 Å². The van der Waals surface area contributed by atoms with Gasteiger partial charge in [-0.05, 0) is 37.5 Å². The number of hydrogen-bond donors (Lipinski definition) is 1. The van der Waals surface area contributed by atoms with E-state index >= 15 is 0 Å². The Bertz CT molecular complexity index is 1260. The van der Waals surface area contributed by atoms with Crippen LogP contribution in [-0.2, 0) is 20.8 Å². The zero-order chi connectivity index (χ0) is 26.4. The van der Waals surface area contributed by atoms with Crippen LogP contribution in [0.1, 0.15) is 24.8 Å². The Hall–Kier alpha value is -3.03. The van der Waals surface area contributed by atoms with Crippen molar-refractivity contribution in [3.63, 3.8) is 0 Å². The van der Waals surface area contributed by atoms with Gasteiger partial charge in [-0.15, -0.1) is 0 Å². The number of benzene rings is 1. The third kappa shape index (κ3) is 5.22. The van der Waals surface area contributed by atoms with Crippen molar-refractivity contribution in [1.29, 1.82) is 0 Å². The van der Waals surface area contributed by atoms with Gasteiger partial charge < -0.3 is 15.1 Å². The highest BCUT2D eigenvalue weighted by Gasteiger charge is 2.39. The van der Waals surface area contributed by atoms with Gasteiger partial charge in [-0.2, -0.15) is 13.2 Å². The first-order chi connectivity index (χ1) is 16.8. The summed E-state index contributed by atoms with van der Waals surface area (Å²) >= 11 is 0. The molecule has 0 radical (unpaired) electrons. The van der Waals surface area contributed by atoms with Gasteiger partial charge in [0.25, 0.3) is 0 Å². The predicted molar refractivity (Wildman–Crippen MR) is 118 cm³/mol. The standard InChI is InChI=1S/C22H22F6N4O3S/c1-36(34,35)14-9-15(23)19(16(24)10-14)30-18-4-7-32(21(18)33)13-2-5-31(6-3-13)20-17(25)8-12(11-29-20)22(26,27)28/h8-11,13,18,30H,2-7H2,1H3. The molecule has 1 atom stereocenters. The summed E-state index contributed by atoms with van der Waals surface area (Å²) < 4.78 is 104. The number of sulfone groups is 1. The zero-order valence-electron chi connectivity index (χ0n) is 18.9. The van der Waals surface area contributed by atoms with E-state index in [9.17, 15) is 39.6 Å². The molecular formula is C22H22F6N4O3S. The van der Waals surface area contributed by atoms with Crippen LogP contribution in [0.5, 0.6) is 0 Å². The topological polar surface area (TPSA) is 82.6 Å². The van der Waals surface area contributed by atoms with E-state index in [-0.39, 0.29) is 31.4 Å². The molecule has 3 heterocycles. The van der Waals surface area contributed by atoms with Crippen molar-refractivity contribution in [2.24, 2.45) is 0 Å². The number of halogens is 6. The van der Waals surface area contributed by atoms with E-state index in [2.05, 4.69) is 10.3 Å². The fourth-order valence-corrected chi connectivity index (χ4v) is 5.12. The molecule has 1 aromatic heterocycles. The molecule has 0 spiro atoms. The molecule has 0 aliphatic carbocycles. The predicted octanol–water partition coefficient (Wildman–Crippen LogP) is 3.60. The number of amides is 1.